The van der Waals surface area contributed by atoms with Crippen molar-refractivity contribution in [2.24, 2.45) is 23.2 Å². The number of likely N-dealkylation sites (tertiary alicyclic amines) is 1. The monoisotopic (exact) mass is 679 g/mol. The van der Waals surface area contributed by atoms with E-state index in [0.717, 1.165) is 0 Å². The molecule has 3 amide bonds. The summed E-state index contributed by atoms with van der Waals surface area (Å²) in [6.45, 7) is 27.2. The highest BCUT2D eigenvalue weighted by atomic mass is 16.5. The summed E-state index contributed by atoms with van der Waals surface area (Å²) < 4.78 is 12.8. The van der Waals surface area contributed by atoms with Gasteiger partial charge in [0.2, 0.25) is 17.7 Å². The lowest BCUT2D eigenvalue weighted by atomic mass is 9.64. The van der Waals surface area contributed by atoms with Crippen LogP contribution in [-0.2, 0) is 19.1 Å². The van der Waals surface area contributed by atoms with Gasteiger partial charge in [-0.05, 0) is 82.1 Å². The highest BCUT2D eigenvalue weighted by Gasteiger charge is 2.79. The second-order valence-corrected chi connectivity index (χ2v) is 16.2. The van der Waals surface area contributed by atoms with Gasteiger partial charge in [0.25, 0.3) is 0 Å². The van der Waals surface area contributed by atoms with Crippen molar-refractivity contribution in [2.45, 2.75) is 123 Å². The molecule has 4 rings (SSSR count). The molecule has 2 unspecified atom stereocenters. The molecule has 0 aliphatic carbocycles. The summed E-state index contributed by atoms with van der Waals surface area (Å²) in [5, 5.41) is 10.9. The van der Waals surface area contributed by atoms with Crippen molar-refractivity contribution in [3.05, 3.63) is 49.6 Å². The van der Waals surface area contributed by atoms with Crippen LogP contribution in [0.5, 0.6) is 5.75 Å². The summed E-state index contributed by atoms with van der Waals surface area (Å²) in [7, 11) is 0. The molecule has 7 atom stereocenters. The molecule has 3 aliphatic heterocycles. The second-order valence-electron chi connectivity index (χ2n) is 16.2. The van der Waals surface area contributed by atoms with Crippen molar-refractivity contribution in [3.63, 3.8) is 0 Å². The molecule has 49 heavy (non-hydrogen) atoms. The van der Waals surface area contributed by atoms with Gasteiger partial charge in [0.1, 0.15) is 17.4 Å². The largest absolute Gasteiger partial charge is 0.494 e. The van der Waals surface area contributed by atoms with E-state index in [1.807, 2.05) is 56.9 Å². The molecule has 3 fully saturated rings. The van der Waals surface area contributed by atoms with Crippen molar-refractivity contribution in [1.82, 2.24) is 9.80 Å². The fraction of sp³-hybridized carbons (Fsp3) is 0.675. The molecule has 9 heteroatoms. The summed E-state index contributed by atoms with van der Waals surface area (Å²) in [5.41, 5.74) is -2.13. The topological polar surface area (TPSA) is 99.6 Å². The van der Waals surface area contributed by atoms with E-state index >= 15 is 9.59 Å². The number of carbonyl (C=O) groups excluding carboxylic acids is 3. The fourth-order valence-corrected chi connectivity index (χ4v) is 9.30. The number of amides is 3. The van der Waals surface area contributed by atoms with Crippen LogP contribution < -0.4 is 9.64 Å². The van der Waals surface area contributed by atoms with Gasteiger partial charge in [0.15, 0.2) is 0 Å². The summed E-state index contributed by atoms with van der Waals surface area (Å²) in [5.74, 6) is -1.83. The lowest BCUT2D eigenvalue weighted by Crippen LogP contribution is -2.63. The number of benzene rings is 1. The van der Waals surface area contributed by atoms with Crippen molar-refractivity contribution in [2.75, 3.05) is 31.2 Å². The van der Waals surface area contributed by atoms with Crippen LogP contribution in [0.15, 0.2) is 49.6 Å². The van der Waals surface area contributed by atoms with E-state index in [9.17, 15) is 9.90 Å². The zero-order valence-electron chi connectivity index (χ0n) is 31.5. The number of hydrogen-bond acceptors (Lipinski definition) is 6. The third kappa shape index (κ3) is 6.82. The first kappa shape index (κ1) is 38.6. The predicted octanol–water partition coefficient (Wildman–Crippen LogP) is 6.40. The molecule has 1 N–H and O–H groups in total. The highest BCUT2D eigenvalue weighted by molar-refractivity contribution is 6.03. The smallest absolute Gasteiger partial charge is 0.249 e. The number of nitrogens with zero attached hydrogens (tertiary/aromatic N) is 3. The molecule has 1 aromatic carbocycles. The van der Waals surface area contributed by atoms with E-state index in [2.05, 4.69) is 47.8 Å². The molecule has 0 aromatic heterocycles. The number of anilines is 1. The Morgan fingerprint density at radius 2 is 1.69 bits per heavy atom. The maximum Gasteiger partial charge on any atom is 0.249 e. The third-order valence-electron chi connectivity index (χ3n) is 11.3. The zero-order valence-corrected chi connectivity index (χ0v) is 31.5. The normalized spacial score (nSPS) is 27.4. The van der Waals surface area contributed by atoms with Gasteiger partial charge in [-0.25, -0.2) is 0 Å². The zero-order chi connectivity index (χ0) is 36.5. The number of carbonyl (C=O) groups is 3. The third-order valence-corrected chi connectivity index (χ3v) is 11.3. The van der Waals surface area contributed by atoms with Crippen LogP contribution in [0.3, 0.4) is 0 Å². The number of hydrogen-bond donors (Lipinski definition) is 1. The molecule has 272 valence electrons. The lowest BCUT2D eigenvalue weighted by Gasteiger charge is -2.47. The second kappa shape index (κ2) is 14.6. The summed E-state index contributed by atoms with van der Waals surface area (Å²) >= 11 is 0. The maximum absolute atomic E-state index is 15.3. The van der Waals surface area contributed by atoms with Gasteiger partial charge in [-0.2, -0.15) is 0 Å². The highest BCUT2D eigenvalue weighted by Crippen LogP contribution is 2.65. The van der Waals surface area contributed by atoms with Crippen LogP contribution in [-0.4, -0.2) is 87.8 Å². The van der Waals surface area contributed by atoms with E-state index in [0.29, 0.717) is 56.7 Å². The molecule has 0 radical (unpaired) electrons. The van der Waals surface area contributed by atoms with Crippen molar-refractivity contribution >= 4 is 23.4 Å². The predicted molar refractivity (Wildman–Crippen MR) is 194 cm³/mol. The minimum atomic E-state index is -1.22. The molecule has 3 heterocycles. The molecule has 3 aliphatic rings. The van der Waals surface area contributed by atoms with Crippen LogP contribution in [0.4, 0.5) is 5.69 Å². The molecule has 9 nitrogen and oxygen atoms in total. The van der Waals surface area contributed by atoms with Gasteiger partial charge in [0, 0.05) is 24.3 Å². The first-order chi connectivity index (χ1) is 23.0. The Kier molecular flexibility index (Phi) is 11.5. The Hall–Kier alpha value is -3.17. The quantitative estimate of drug-likeness (QED) is 0.203. The van der Waals surface area contributed by atoms with Gasteiger partial charge >= 0.3 is 0 Å². The van der Waals surface area contributed by atoms with Crippen LogP contribution in [0.1, 0.15) is 94.4 Å². The van der Waals surface area contributed by atoms with Gasteiger partial charge in [-0.15, -0.1) is 13.2 Å². The molecule has 1 spiro atoms. The SMILES string of the molecule is C=CCN(C(=O)[C@H]1[C@H]2C(=O)N([C@@H](CO)[C@@H](C)CC)C(C(=O)N(CC=C)C(C)(C)CC(C)(C)C)C23CC[C@]1(CC)O3)c1ccc(OCC)cc1. The van der Waals surface area contributed by atoms with Crippen LogP contribution in [0.25, 0.3) is 0 Å². The minimum Gasteiger partial charge on any atom is -0.494 e. The van der Waals surface area contributed by atoms with E-state index in [1.165, 1.54) is 0 Å². The van der Waals surface area contributed by atoms with Crippen molar-refractivity contribution in [1.29, 1.82) is 0 Å². The summed E-state index contributed by atoms with van der Waals surface area (Å²) in [6.07, 6.45) is 6.36. The summed E-state index contributed by atoms with van der Waals surface area (Å²) in [6, 6.07) is 5.74. The molecule has 0 saturated carbocycles. The van der Waals surface area contributed by atoms with E-state index in [4.69, 9.17) is 9.47 Å². The van der Waals surface area contributed by atoms with Crippen LogP contribution in [0, 0.1) is 23.2 Å². The van der Waals surface area contributed by atoms with Gasteiger partial charge < -0.3 is 29.3 Å². The number of rotatable bonds is 16. The van der Waals surface area contributed by atoms with Crippen molar-refractivity contribution < 1.29 is 29.0 Å². The Balaban J connectivity index is 1.89. The minimum absolute atomic E-state index is 0.0822. The van der Waals surface area contributed by atoms with Gasteiger partial charge in [-0.1, -0.05) is 60.1 Å². The van der Waals surface area contributed by atoms with E-state index < -0.39 is 40.7 Å². The lowest BCUT2D eigenvalue weighted by molar-refractivity contribution is -0.161. The molecule has 1 aromatic rings. The average molecular weight is 680 g/mol. The molecule has 3 saturated heterocycles. The average Bonchev–Trinajstić information content (AvgIpc) is 3.65. The number of aliphatic hydroxyl groups excluding tert-OH is 1. The maximum atomic E-state index is 15.3. The van der Waals surface area contributed by atoms with Crippen LogP contribution in [0.2, 0.25) is 0 Å². The molecular formula is C40H61N3O6. The molecule has 2 bridgehead atoms. The van der Waals surface area contributed by atoms with Crippen LogP contribution >= 0.6 is 0 Å². The Morgan fingerprint density at radius 1 is 1.06 bits per heavy atom. The van der Waals surface area contributed by atoms with Gasteiger partial charge in [0.05, 0.1) is 36.7 Å². The van der Waals surface area contributed by atoms with E-state index in [-0.39, 0.29) is 42.2 Å². The van der Waals surface area contributed by atoms with E-state index in [1.54, 1.807) is 22.0 Å². The first-order valence-electron chi connectivity index (χ1n) is 18.2. The van der Waals surface area contributed by atoms with Gasteiger partial charge in [-0.3, -0.25) is 14.4 Å². The number of ether oxygens (including phenoxy) is 2. The first-order valence-corrected chi connectivity index (χ1v) is 18.2. The number of aliphatic hydroxyl groups is 1. The summed E-state index contributed by atoms with van der Waals surface area (Å²) in [4.78, 5) is 50.5. The fourth-order valence-electron chi connectivity index (χ4n) is 9.30. The Morgan fingerprint density at radius 3 is 2.20 bits per heavy atom. The van der Waals surface area contributed by atoms with Crippen molar-refractivity contribution in [3.8, 4) is 5.75 Å². The Labute approximate surface area is 294 Å². The standard InChI is InChI=1S/C40H61N3O6/c1-12-23-41(28-17-19-29(20-18-28)48-16-5)34(45)31-32-35(46)43(30(25-44)27(6)14-3)33(40(32)22-21-39(31,15-4)49-40)36(47)42(24-13-2)38(10,11)26-37(7,8)9/h12-13,17-20,27,30-33,44H,1-2,14-16,21-26H2,3-11H3/t27-,30-,31+,32-,33?,39-,40?/m0/s1. The number of fused-ring (bicyclic) bond motifs is 1. The molecular weight excluding hydrogens is 618 g/mol. The Bertz CT molecular complexity index is 1390.